The number of oxazole rings is 1. The van der Waals surface area contributed by atoms with Crippen LogP contribution < -0.4 is 5.32 Å². The highest BCUT2D eigenvalue weighted by Gasteiger charge is 2.05. The molecule has 2 aromatic rings. The van der Waals surface area contributed by atoms with Gasteiger partial charge in [-0.15, -0.1) is 0 Å². The van der Waals surface area contributed by atoms with Crippen LogP contribution >= 0.6 is 0 Å². The molecule has 1 N–H and O–H groups in total. The normalized spacial score (nSPS) is 10.1. The Labute approximate surface area is 106 Å². The summed E-state index contributed by atoms with van der Waals surface area (Å²) in [6, 6.07) is 7.79. The molecule has 4 heteroatoms. The van der Waals surface area contributed by atoms with Crippen LogP contribution in [0.1, 0.15) is 28.5 Å². The lowest BCUT2D eigenvalue weighted by atomic mass is 10.1. The van der Waals surface area contributed by atoms with Gasteiger partial charge in [-0.25, -0.2) is 4.98 Å². The van der Waals surface area contributed by atoms with Gasteiger partial charge in [-0.05, 0) is 44.5 Å². The minimum atomic E-state index is 0.542. The number of nitrogens with one attached hydrogen (secondary N) is 1. The Balaban J connectivity index is 2.07. The van der Waals surface area contributed by atoms with Crippen LogP contribution in [0.3, 0.4) is 0 Å². The van der Waals surface area contributed by atoms with Gasteiger partial charge in [0.15, 0.2) is 0 Å². The number of benzene rings is 1. The van der Waals surface area contributed by atoms with Crippen molar-refractivity contribution >= 4 is 5.69 Å². The van der Waals surface area contributed by atoms with Crippen molar-refractivity contribution in [3.8, 4) is 6.07 Å². The summed E-state index contributed by atoms with van der Waals surface area (Å²) in [7, 11) is 0. The first kappa shape index (κ1) is 12.2. The lowest BCUT2D eigenvalue weighted by molar-refractivity contribution is 0.478. The van der Waals surface area contributed by atoms with E-state index in [9.17, 15) is 0 Å². The monoisotopic (exact) mass is 241 g/mol. The summed E-state index contributed by atoms with van der Waals surface area (Å²) >= 11 is 0. The van der Waals surface area contributed by atoms with E-state index in [2.05, 4.69) is 16.4 Å². The molecule has 0 saturated carbocycles. The number of hydrogen-bond donors (Lipinski definition) is 1. The lowest BCUT2D eigenvalue weighted by Crippen LogP contribution is -2.00. The third kappa shape index (κ3) is 2.51. The fraction of sp³-hybridized carbons (Fsp3) is 0.286. The van der Waals surface area contributed by atoms with Crippen LogP contribution in [0.25, 0.3) is 0 Å². The van der Waals surface area contributed by atoms with Gasteiger partial charge in [0.05, 0.1) is 23.9 Å². The van der Waals surface area contributed by atoms with Gasteiger partial charge < -0.3 is 9.73 Å². The van der Waals surface area contributed by atoms with Crippen molar-refractivity contribution < 1.29 is 4.42 Å². The summed E-state index contributed by atoms with van der Waals surface area (Å²) in [5.41, 5.74) is 3.54. The third-order valence-electron chi connectivity index (χ3n) is 2.86. The Hall–Kier alpha value is -2.28. The molecule has 18 heavy (non-hydrogen) atoms. The molecule has 2 rings (SSSR count). The Bertz CT molecular complexity index is 588. The number of nitriles is 1. The van der Waals surface area contributed by atoms with E-state index in [1.165, 1.54) is 0 Å². The quantitative estimate of drug-likeness (QED) is 0.897. The molecule has 0 saturated heterocycles. The van der Waals surface area contributed by atoms with Crippen molar-refractivity contribution in [3.05, 3.63) is 46.7 Å². The molecule has 0 radical (unpaired) electrons. The molecule has 1 heterocycles. The Morgan fingerprint density at radius 3 is 2.67 bits per heavy atom. The molecule has 0 aliphatic rings. The van der Waals surface area contributed by atoms with Gasteiger partial charge in [0.25, 0.3) is 0 Å². The van der Waals surface area contributed by atoms with Crippen LogP contribution in [-0.2, 0) is 6.54 Å². The third-order valence-corrected chi connectivity index (χ3v) is 2.86. The van der Waals surface area contributed by atoms with Crippen molar-refractivity contribution in [2.24, 2.45) is 0 Å². The summed E-state index contributed by atoms with van der Waals surface area (Å²) < 4.78 is 5.49. The minimum Gasteiger partial charge on any atom is -0.444 e. The molecular formula is C14H15N3O. The molecule has 0 fully saturated rings. The van der Waals surface area contributed by atoms with Gasteiger partial charge in [0.1, 0.15) is 5.76 Å². The maximum atomic E-state index is 8.86. The Kier molecular flexibility index (Phi) is 3.33. The van der Waals surface area contributed by atoms with Crippen LogP contribution in [0.15, 0.2) is 22.6 Å². The highest BCUT2D eigenvalue weighted by atomic mass is 16.4. The van der Waals surface area contributed by atoms with Gasteiger partial charge in [0, 0.05) is 5.69 Å². The largest absolute Gasteiger partial charge is 0.444 e. The van der Waals surface area contributed by atoms with Gasteiger partial charge >= 0.3 is 0 Å². The predicted molar refractivity (Wildman–Crippen MR) is 69.2 cm³/mol. The second-order valence-corrected chi connectivity index (χ2v) is 4.24. The van der Waals surface area contributed by atoms with Gasteiger partial charge in [-0.1, -0.05) is 0 Å². The van der Waals surface area contributed by atoms with E-state index >= 15 is 0 Å². The van der Waals surface area contributed by atoms with E-state index < -0.39 is 0 Å². The fourth-order valence-corrected chi connectivity index (χ4v) is 1.69. The van der Waals surface area contributed by atoms with Crippen LogP contribution in [-0.4, -0.2) is 4.98 Å². The summed E-state index contributed by atoms with van der Waals surface area (Å²) in [6.45, 7) is 6.29. The van der Waals surface area contributed by atoms with Crippen molar-refractivity contribution in [3.63, 3.8) is 0 Å². The minimum absolute atomic E-state index is 0.542. The maximum Gasteiger partial charge on any atom is 0.213 e. The van der Waals surface area contributed by atoms with E-state index in [0.29, 0.717) is 18.0 Å². The summed E-state index contributed by atoms with van der Waals surface area (Å²) in [6.07, 6.45) is 0. The van der Waals surface area contributed by atoms with Crippen molar-refractivity contribution in [2.75, 3.05) is 5.32 Å². The number of rotatable bonds is 3. The number of nitrogens with zero attached hydrogens (tertiary/aromatic N) is 2. The molecule has 0 amide bonds. The predicted octanol–water partition coefficient (Wildman–Crippen LogP) is 3.08. The van der Waals surface area contributed by atoms with Crippen LogP contribution in [0.4, 0.5) is 5.69 Å². The van der Waals surface area contributed by atoms with Gasteiger partial charge in [-0.2, -0.15) is 5.26 Å². The molecule has 0 aliphatic carbocycles. The van der Waals surface area contributed by atoms with E-state index in [0.717, 1.165) is 22.7 Å². The number of hydrogen-bond acceptors (Lipinski definition) is 4. The highest BCUT2D eigenvalue weighted by Crippen LogP contribution is 2.16. The first-order valence-electron chi connectivity index (χ1n) is 5.77. The molecule has 0 spiro atoms. The molecular weight excluding hydrogens is 226 g/mol. The van der Waals surface area contributed by atoms with Crippen molar-refractivity contribution in [2.45, 2.75) is 27.3 Å². The number of anilines is 1. The zero-order valence-corrected chi connectivity index (χ0v) is 10.7. The average Bonchev–Trinajstić information content (AvgIpc) is 2.66. The van der Waals surface area contributed by atoms with Crippen LogP contribution in [0, 0.1) is 32.1 Å². The molecule has 0 atom stereocenters. The van der Waals surface area contributed by atoms with E-state index in [1.807, 2.05) is 39.0 Å². The fourth-order valence-electron chi connectivity index (χ4n) is 1.69. The molecule has 4 nitrogen and oxygen atoms in total. The van der Waals surface area contributed by atoms with E-state index in [-0.39, 0.29) is 0 Å². The van der Waals surface area contributed by atoms with Gasteiger partial charge in [0.2, 0.25) is 5.89 Å². The zero-order chi connectivity index (χ0) is 13.1. The first-order valence-corrected chi connectivity index (χ1v) is 5.77. The topological polar surface area (TPSA) is 61.9 Å². The summed E-state index contributed by atoms with van der Waals surface area (Å²) in [4.78, 5) is 4.30. The second kappa shape index (κ2) is 4.92. The number of aryl methyl sites for hydroxylation is 3. The molecule has 0 aliphatic heterocycles. The number of aromatic nitrogens is 1. The highest BCUT2D eigenvalue weighted by molar-refractivity contribution is 5.51. The van der Waals surface area contributed by atoms with Gasteiger partial charge in [-0.3, -0.25) is 0 Å². The summed E-state index contributed by atoms with van der Waals surface area (Å²) in [5.74, 6) is 1.52. The van der Waals surface area contributed by atoms with Crippen LogP contribution in [0.2, 0.25) is 0 Å². The zero-order valence-electron chi connectivity index (χ0n) is 10.7. The standard InChI is InChI=1S/C14H15N3O/c1-9-6-13(5-4-12(9)7-15)16-8-14-17-10(2)11(3)18-14/h4-6,16H,8H2,1-3H3. The van der Waals surface area contributed by atoms with E-state index in [1.54, 1.807) is 0 Å². The van der Waals surface area contributed by atoms with Crippen LogP contribution in [0.5, 0.6) is 0 Å². The molecule has 0 bridgehead atoms. The van der Waals surface area contributed by atoms with Crippen molar-refractivity contribution in [1.29, 1.82) is 5.26 Å². The SMILES string of the molecule is Cc1cc(NCc2nc(C)c(C)o2)ccc1C#N. The average molecular weight is 241 g/mol. The Morgan fingerprint density at radius 1 is 1.33 bits per heavy atom. The first-order chi connectivity index (χ1) is 8.60. The Morgan fingerprint density at radius 2 is 2.11 bits per heavy atom. The van der Waals surface area contributed by atoms with E-state index in [4.69, 9.17) is 9.68 Å². The lowest BCUT2D eigenvalue weighted by Gasteiger charge is -2.05. The molecule has 1 aromatic carbocycles. The smallest absolute Gasteiger partial charge is 0.213 e. The second-order valence-electron chi connectivity index (χ2n) is 4.24. The van der Waals surface area contributed by atoms with Crippen molar-refractivity contribution in [1.82, 2.24) is 4.98 Å². The molecule has 92 valence electrons. The molecule has 0 unspecified atom stereocenters. The summed E-state index contributed by atoms with van der Waals surface area (Å²) in [5, 5.41) is 12.1. The molecule has 1 aromatic heterocycles. The maximum absolute atomic E-state index is 8.86.